The Morgan fingerprint density at radius 3 is 2.20 bits per heavy atom. The molecule has 1 aliphatic carbocycles. The lowest BCUT2D eigenvalue weighted by Crippen LogP contribution is -2.26. The lowest BCUT2D eigenvalue weighted by atomic mass is 9.90. The van der Waals surface area contributed by atoms with Crippen LogP contribution in [0.4, 0.5) is 0 Å². The molecule has 0 unspecified atom stereocenters. The summed E-state index contributed by atoms with van der Waals surface area (Å²) in [5.41, 5.74) is 2.52. The van der Waals surface area contributed by atoms with Crippen LogP contribution in [0.2, 0.25) is 0 Å². The normalized spacial score (nSPS) is 18.6. The number of fused-ring (bicyclic) bond motifs is 2. The molecule has 0 fully saturated rings. The highest BCUT2D eigenvalue weighted by Crippen LogP contribution is 2.41. The fourth-order valence-electron chi connectivity index (χ4n) is 3.13. The van der Waals surface area contributed by atoms with Crippen molar-refractivity contribution in [2.45, 2.75) is 18.4 Å². The van der Waals surface area contributed by atoms with Crippen molar-refractivity contribution in [1.82, 2.24) is 0 Å². The van der Waals surface area contributed by atoms with Gasteiger partial charge < -0.3 is 14.6 Å². The van der Waals surface area contributed by atoms with Crippen LogP contribution in [-0.4, -0.2) is 18.3 Å². The van der Waals surface area contributed by atoms with Gasteiger partial charge in [-0.2, -0.15) is 0 Å². The third-order valence-corrected chi connectivity index (χ3v) is 4.16. The Hall–Kier alpha value is -2.00. The minimum atomic E-state index is -0.834. The highest BCUT2D eigenvalue weighted by atomic mass is 16.6. The zero-order chi connectivity index (χ0) is 13.6. The average molecular weight is 268 g/mol. The Labute approximate surface area is 117 Å². The van der Waals surface area contributed by atoms with E-state index < -0.39 is 5.60 Å². The van der Waals surface area contributed by atoms with Crippen LogP contribution in [0.5, 0.6) is 11.5 Å². The Balaban J connectivity index is 1.72. The number of aliphatic hydroxyl groups is 1. The van der Waals surface area contributed by atoms with Crippen molar-refractivity contribution in [2.24, 2.45) is 0 Å². The first-order valence-electron chi connectivity index (χ1n) is 6.94. The van der Waals surface area contributed by atoms with Crippen molar-refractivity contribution in [2.75, 3.05) is 13.2 Å². The predicted molar refractivity (Wildman–Crippen MR) is 75.2 cm³/mol. The van der Waals surface area contributed by atoms with Crippen molar-refractivity contribution in [3.63, 3.8) is 0 Å². The molecule has 1 aliphatic heterocycles. The summed E-state index contributed by atoms with van der Waals surface area (Å²) in [6, 6.07) is 14.0. The highest BCUT2D eigenvalue weighted by Gasteiger charge is 2.37. The van der Waals surface area contributed by atoms with Crippen LogP contribution in [0, 0.1) is 0 Å². The van der Waals surface area contributed by atoms with E-state index in [9.17, 15) is 5.11 Å². The van der Waals surface area contributed by atoms with Crippen molar-refractivity contribution in [3.05, 3.63) is 59.2 Å². The molecule has 0 aromatic heterocycles. The Kier molecular flexibility index (Phi) is 2.51. The van der Waals surface area contributed by atoms with Crippen LogP contribution in [-0.2, 0) is 18.4 Å². The number of rotatable bonds is 1. The van der Waals surface area contributed by atoms with E-state index >= 15 is 0 Å². The van der Waals surface area contributed by atoms with E-state index in [2.05, 4.69) is 12.1 Å². The Morgan fingerprint density at radius 2 is 1.50 bits per heavy atom. The number of hydrogen-bond acceptors (Lipinski definition) is 3. The van der Waals surface area contributed by atoms with Gasteiger partial charge in [-0.3, -0.25) is 0 Å². The van der Waals surface area contributed by atoms with E-state index in [0.717, 1.165) is 17.1 Å². The molecule has 0 saturated heterocycles. The van der Waals surface area contributed by atoms with E-state index in [4.69, 9.17) is 9.47 Å². The fourth-order valence-corrected chi connectivity index (χ4v) is 3.13. The fraction of sp³-hybridized carbons (Fsp3) is 0.294. The van der Waals surface area contributed by atoms with Gasteiger partial charge in [-0.25, -0.2) is 0 Å². The van der Waals surface area contributed by atoms with Gasteiger partial charge in [0.2, 0.25) is 0 Å². The molecule has 1 N–H and O–H groups in total. The quantitative estimate of drug-likeness (QED) is 0.863. The zero-order valence-corrected chi connectivity index (χ0v) is 11.1. The van der Waals surface area contributed by atoms with Gasteiger partial charge in [0, 0.05) is 12.8 Å². The van der Waals surface area contributed by atoms with E-state index in [1.165, 1.54) is 11.1 Å². The number of benzene rings is 2. The monoisotopic (exact) mass is 268 g/mol. The molecule has 0 radical (unpaired) electrons. The summed E-state index contributed by atoms with van der Waals surface area (Å²) >= 11 is 0. The predicted octanol–water partition coefficient (Wildman–Crippen LogP) is 2.44. The third-order valence-electron chi connectivity index (χ3n) is 4.16. The third kappa shape index (κ3) is 1.78. The summed E-state index contributed by atoms with van der Waals surface area (Å²) in [6.45, 7) is 1.15. The van der Waals surface area contributed by atoms with E-state index in [0.29, 0.717) is 26.1 Å². The van der Waals surface area contributed by atoms with Gasteiger partial charge in [0.1, 0.15) is 13.2 Å². The average Bonchev–Trinajstić information content (AvgIpc) is 2.84. The smallest absolute Gasteiger partial charge is 0.161 e. The van der Waals surface area contributed by atoms with E-state index in [-0.39, 0.29) is 0 Å². The Bertz CT molecular complexity index is 638. The molecule has 0 spiro atoms. The van der Waals surface area contributed by atoms with Gasteiger partial charge in [0.15, 0.2) is 11.5 Å². The van der Waals surface area contributed by atoms with Gasteiger partial charge in [0.25, 0.3) is 0 Å². The van der Waals surface area contributed by atoms with Crippen molar-refractivity contribution in [3.8, 4) is 11.5 Å². The SMILES string of the molecule is OC1(c2ccc3c(c2)OCCO3)Cc2ccccc2C1. The second-order valence-corrected chi connectivity index (χ2v) is 5.51. The maximum atomic E-state index is 11.0. The molecule has 0 atom stereocenters. The van der Waals surface area contributed by atoms with Crippen molar-refractivity contribution >= 4 is 0 Å². The summed E-state index contributed by atoms with van der Waals surface area (Å²) < 4.78 is 11.1. The molecule has 0 saturated carbocycles. The zero-order valence-electron chi connectivity index (χ0n) is 11.1. The van der Waals surface area contributed by atoms with Crippen LogP contribution in [0.1, 0.15) is 16.7 Å². The molecule has 0 bridgehead atoms. The summed E-state index contributed by atoms with van der Waals surface area (Å²) in [5, 5.41) is 11.0. The van der Waals surface area contributed by atoms with E-state index in [1.807, 2.05) is 30.3 Å². The molecule has 3 heteroatoms. The van der Waals surface area contributed by atoms with Crippen LogP contribution in [0.25, 0.3) is 0 Å². The second kappa shape index (κ2) is 4.25. The topological polar surface area (TPSA) is 38.7 Å². The molecule has 102 valence electrons. The van der Waals surface area contributed by atoms with Gasteiger partial charge in [-0.05, 0) is 28.8 Å². The lowest BCUT2D eigenvalue weighted by molar-refractivity contribution is 0.0475. The number of hydrogen-bond donors (Lipinski definition) is 1. The summed E-state index contributed by atoms with van der Waals surface area (Å²) in [5.74, 6) is 1.50. The van der Waals surface area contributed by atoms with Crippen LogP contribution >= 0.6 is 0 Å². The van der Waals surface area contributed by atoms with Crippen LogP contribution in [0.15, 0.2) is 42.5 Å². The van der Waals surface area contributed by atoms with Crippen LogP contribution in [0.3, 0.4) is 0 Å². The second-order valence-electron chi connectivity index (χ2n) is 5.51. The van der Waals surface area contributed by atoms with Gasteiger partial charge in [0.05, 0.1) is 5.60 Å². The van der Waals surface area contributed by atoms with Gasteiger partial charge in [-0.1, -0.05) is 30.3 Å². The Morgan fingerprint density at radius 1 is 0.850 bits per heavy atom. The van der Waals surface area contributed by atoms with E-state index in [1.54, 1.807) is 0 Å². The first kappa shape index (κ1) is 11.8. The van der Waals surface area contributed by atoms with Crippen LogP contribution < -0.4 is 9.47 Å². The molecule has 2 aromatic rings. The van der Waals surface area contributed by atoms with Gasteiger partial charge >= 0.3 is 0 Å². The molecule has 4 rings (SSSR count). The lowest BCUT2D eigenvalue weighted by Gasteiger charge is -2.25. The molecule has 0 amide bonds. The number of ether oxygens (including phenoxy) is 2. The van der Waals surface area contributed by atoms with Gasteiger partial charge in [-0.15, -0.1) is 0 Å². The molecule has 1 heterocycles. The molecule has 2 aliphatic rings. The maximum Gasteiger partial charge on any atom is 0.161 e. The molecular formula is C17H16O3. The standard InChI is InChI=1S/C17H16O3/c18-17(10-12-3-1-2-4-13(12)11-17)14-5-6-15-16(9-14)20-8-7-19-15/h1-6,9,18H,7-8,10-11H2. The minimum absolute atomic E-state index is 0.565. The first-order valence-corrected chi connectivity index (χ1v) is 6.94. The molecule has 20 heavy (non-hydrogen) atoms. The largest absolute Gasteiger partial charge is 0.486 e. The minimum Gasteiger partial charge on any atom is -0.486 e. The summed E-state index contributed by atoms with van der Waals surface area (Å²) in [7, 11) is 0. The maximum absolute atomic E-state index is 11.0. The molecule has 2 aromatic carbocycles. The highest BCUT2D eigenvalue weighted by molar-refractivity contribution is 5.48. The van der Waals surface area contributed by atoms with Crippen molar-refractivity contribution < 1.29 is 14.6 Å². The summed E-state index contributed by atoms with van der Waals surface area (Å²) in [6.07, 6.45) is 1.31. The summed E-state index contributed by atoms with van der Waals surface area (Å²) in [4.78, 5) is 0. The molecular weight excluding hydrogens is 252 g/mol. The molecule has 3 nitrogen and oxygen atoms in total. The van der Waals surface area contributed by atoms with Crippen molar-refractivity contribution in [1.29, 1.82) is 0 Å². The first-order chi connectivity index (χ1) is 9.74.